The maximum Gasteiger partial charge on any atom is 0.101 e. The Bertz CT molecular complexity index is 541. The molecule has 0 radical (unpaired) electrons. The number of nitrogens with two attached hydrogens (primary N) is 1. The zero-order valence-corrected chi connectivity index (χ0v) is 8.72. The number of hydrogen-bond donors (Lipinski definition) is 1. The second-order valence-corrected chi connectivity index (χ2v) is 3.44. The second-order valence-electron chi connectivity index (χ2n) is 3.44. The largest absolute Gasteiger partial charge is 0.326 e. The molecule has 0 fully saturated rings. The highest BCUT2D eigenvalue weighted by atomic mass is 14.6. The summed E-state index contributed by atoms with van der Waals surface area (Å²) in [6.07, 6.45) is 3.30. The standard InChI is InChI=1S/C13H11N3/c14-6-10-5-12(9-16-8-10)13-4-2-1-3-11(13)7-15/h1-5,8-9H,7,15H2. The number of hydrogen-bond acceptors (Lipinski definition) is 3. The molecule has 1 aromatic heterocycles. The van der Waals surface area contributed by atoms with Crippen LogP contribution < -0.4 is 5.73 Å². The molecule has 0 aliphatic heterocycles. The first kappa shape index (κ1) is 10.3. The smallest absolute Gasteiger partial charge is 0.101 e. The van der Waals surface area contributed by atoms with Crippen LogP contribution >= 0.6 is 0 Å². The van der Waals surface area contributed by atoms with Gasteiger partial charge in [-0.05, 0) is 17.2 Å². The van der Waals surface area contributed by atoms with Gasteiger partial charge < -0.3 is 5.73 Å². The first-order valence-electron chi connectivity index (χ1n) is 4.98. The average molecular weight is 209 g/mol. The minimum Gasteiger partial charge on any atom is -0.326 e. The molecule has 0 aliphatic rings. The van der Waals surface area contributed by atoms with Crippen molar-refractivity contribution in [3.05, 3.63) is 53.9 Å². The maximum absolute atomic E-state index is 8.82. The molecule has 1 aromatic carbocycles. The summed E-state index contributed by atoms with van der Waals surface area (Å²) in [6, 6.07) is 11.8. The second kappa shape index (κ2) is 4.56. The number of nitriles is 1. The first-order valence-corrected chi connectivity index (χ1v) is 4.98. The van der Waals surface area contributed by atoms with Gasteiger partial charge in [-0.3, -0.25) is 4.98 Å². The van der Waals surface area contributed by atoms with Crippen LogP contribution in [0.25, 0.3) is 11.1 Å². The highest BCUT2D eigenvalue weighted by molar-refractivity contribution is 5.67. The van der Waals surface area contributed by atoms with Crippen molar-refractivity contribution >= 4 is 0 Å². The van der Waals surface area contributed by atoms with E-state index in [-0.39, 0.29) is 0 Å². The van der Waals surface area contributed by atoms with Crippen LogP contribution in [-0.2, 0) is 6.54 Å². The third-order valence-electron chi connectivity index (χ3n) is 2.42. The van der Waals surface area contributed by atoms with Crippen LogP contribution in [0.1, 0.15) is 11.1 Å². The van der Waals surface area contributed by atoms with Crippen LogP contribution in [0.5, 0.6) is 0 Å². The average Bonchev–Trinajstić information content (AvgIpc) is 2.38. The van der Waals surface area contributed by atoms with Crippen molar-refractivity contribution in [2.75, 3.05) is 0 Å². The van der Waals surface area contributed by atoms with Gasteiger partial charge in [-0.1, -0.05) is 24.3 Å². The van der Waals surface area contributed by atoms with Gasteiger partial charge in [0, 0.05) is 24.5 Å². The summed E-state index contributed by atoms with van der Waals surface area (Å²) < 4.78 is 0. The van der Waals surface area contributed by atoms with Crippen molar-refractivity contribution in [1.82, 2.24) is 4.98 Å². The van der Waals surface area contributed by atoms with E-state index < -0.39 is 0 Å². The molecule has 0 spiro atoms. The van der Waals surface area contributed by atoms with E-state index in [4.69, 9.17) is 11.0 Å². The van der Waals surface area contributed by atoms with Gasteiger partial charge >= 0.3 is 0 Å². The molecule has 1 heterocycles. The molecular formula is C13H11N3. The van der Waals surface area contributed by atoms with E-state index in [1.807, 2.05) is 30.3 Å². The van der Waals surface area contributed by atoms with E-state index in [1.54, 1.807) is 12.4 Å². The predicted molar refractivity (Wildman–Crippen MR) is 62.3 cm³/mol. The van der Waals surface area contributed by atoms with Crippen molar-refractivity contribution < 1.29 is 0 Å². The highest BCUT2D eigenvalue weighted by Crippen LogP contribution is 2.23. The molecule has 0 bridgehead atoms. The lowest BCUT2D eigenvalue weighted by Gasteiger charge is -2.07. The van der Waals surface area contributed by atoms with Gasteiger partial charge in [0.05, 0.1) is 5.56 Å². The molecule has 0 saturated carbocycles. The lowest BCUT2D eigenvalue weighted by atomic mass is 10.0. The number of pyridine rings is 1. The van der Waals surface area contributed by atoms with Crippen molar-refractivity contribution in [1.29, 1.82) is 5.26 Å². The van der Waals surface area contributed by atoms with Gasteiger partial charge in [0.15, 0.2) is 0 Å². The molecule has 3 nitrogen and oxygen atoms in total. The van der Waals surface area contributed by atoms with Crippen LogP contribution in [0.2, 0.25) is 0 Å². The van der Waals surface area contributed by atoms with Gasteiger partial charge in [0.25, 0.3) is 0 Å². The third-order valence-corrected chi connectivity index (χ3v) is 2.42. The zero-order valence-electron chi connectivity index (χ0n) is 8.72. The minimum atomic E-state index is 0.479. The Morgan fingerprint density at radius 3 is 2.81 bits per heavy atom. The minimum absolute atomic E-state index is 0.479. The fourth-order valence-corrected chi connectivity index (χ4v) is 1.63. The summed E-state index contributed by atoms with van der Waals surface area (Å²) in [7, 11) is 0. The molecule has 0 unspecified atom stereocenters. The van der Waals surface area contributed by atoms with E-state index >= 15 is 0 Å². The van der Waals surface area contributed by atoms with Crippen molar-refractivity contribution in [3.8, 4) is 17.2 Å². The molecule has 78 valence electrons. The summed E-state index contributed by atoms with van der Waals surface area (Å²) in [5, 5.41) is 8.82. The Morgan fingerprint density at radius 1 is 1.25 bits per heavy atom. The molecule has 0 amide bonds. The Kier molecular flexibility index (Phi) is 2.95. The van der Waals surface area contributed by atoms with Crippen LogP contribution in [0, 0.1) is 11.3 Å². The zero-order chi connectivity index (χ0) is 11.4. The fraction of sp³-hybridized carbons (Fsp3) is 0.0769. The number of benzene rings is 1. The Balaban J connectivity index is 2.54. The summed E-state index contributed by atoms with van der Waals surface area (Å²) >= 11 is 0. The topological polar surface area (TPSA) is 62.7 Å². The van der Waals surface area contributed by atoms with E-state index in [2.05, 4.69) is 11.1 Å². The molecule has 2 rings (SSSR count). The first-order chi connectivity index (χ1) is 7.85. The lowest BCUT2D eigenvalue weighted by Crippen LogP contribution is -1.98. The summed E-state index contributed by atoms with van der Waals surface area (Å²) in [5.41, 5.74) is 9.25. The number of rotatable bonds is 2. The Morgan fingerprint density at radius 2 is 2.06 bits per heavy atom. The lowest BCUT2D eigenvalue weighted by molar-refractivity contribution is 1.07. The molecule has 2 aromatic rings. The van der Waals surface area contributed by atoms with Gasteiger partial charge in [0.2, 0.25) is 0 Å². The monoisotopic (exact) mass is 209 g/mol. The van der Waals surface area contributed by atoms with E-state index in [0.29, 0.717) is 12.1 Å². The Labute approximate surface area is 94.2 Å². The Hall–Kier alpha value is -2.18. The quantitative estimate of drug-likeness (QED) is 0.823. The highest BCUT2D eigenvalue weighted by Gasteiger charge is 2.04. The van der Waals surface area contributed by atoms with Gasteiger partial charge in [0.1, 0.15) is 6.07 Å². The van der Waals surface area contributed by atoms with Crippen LogP contribution in [0.3, 0.4) is 0 Å². The van der Waals surface area contributed by atoms with Crippen molar-refractivity contribution in [3.63, 3.8) is 0 Å². The molecular weight excluding hydrogens is 198 g/mol. The fourth-order valence-electron chi connectivity index (χ4n) is 1.63. The van der Waals surface area contributed by atoms with Crippen LogP contribution in [0.4, 0.5) is 0 Å². The number of nitrogens with zero attached hydrogens (tertiary/aromatic N) is 2. The van der Waals surface area contributed by atoms with Gasteiger partial charge in [-0.2, -0.15) is 5.26 Å². The number of aromatic nitrogens is 1. The van der Waals surface area contributed by atoms with Gasteiger partial charge in [-0.25, -0.2) is 0 Å². The van der Waals surface area contributed by atoms with Crippen molar-refractivity contribution in [2.45, 2.75) is 6.54 Å². The molecule has 16 heavy (non-hydrogen) atoms. The normalized spacial score (nSPS) is 9.75. The van der Waals surface area contributed by atoms with Crippen LogP contribution in [-0.4, -0.2) is 4.98 Å². The van der Waals surface area contributed by atoms with E-state index in [1.165, 1.54) is 0 Å². The maximum atomic E-state index is 8.82. The van der Waals surface area contributed by atoms with Gasteiger partial charge in [-0.15, -0.1) is 0 Å². The summed E-state index contributed by atoms with van der Waals surface area (Å²) in [5.74, 6) is 0. The van der Waals surface area contributed by atoms with E-state index in [0.717, 1.165) is 16.7 Å². The summed E-state index contributed by atoms with van der Waals surface area (Å²) in [4.78, 5) is 4.04. The van der Waals surface area contributed by atoms with Crippen molar-refractivity contribution in [2.24, 2.45) is 5.73 Å². The predicted octanol–water partition coefficient (Wildman–Crippen LogP) is 2.08. The third kappa shape index (κ3) is 1.92. The molecule has 0 atom stereocenters. The molecule has 3 heteroatoms. The molecule has 0 aliphatic carbocycles. The summed E-state index contributed by atoms with van der Waals surface area (Å²) in [6.45, 7) is 0.479. The SMILES string of the molecule is N#Cc1cncc(-c2ccccc2CN)c1. The van der Waals surface area contributed by atoms with E-state index in [9.17, 15) is 0 Å². The molecule has 2 N–H and O–H groups in total. The van der Waals surface area contributed by atoms with Crippen LogP contribution in [0.15, 0.2) is 42.7 Å². The molecule has 0 saturated heterocycles.